The molecule has 0 spiro atoms. The van der Waals surface area contributed by atoms with E-state index >= 15 is 0 Å². The molecule has 9 heteroatoms. The van der Waals surface area contributed by atoms with Crippen molar-refractivity contribution in [1.82, 2.24) is 9.47 Å². The minimum atomic E-state index is -0.355. The Hall–Kier alpha value is -2.87. The largest absolute Gasteiger partial charge is 0.454 e. The Morgan fingerprint density at radius 2 is 1.74 bits per heavy atom. The first-order chi connectivity index (χ1) is 16.2. The molecule has 1 fully saturated rings. The van der Waals surface area contributed by atoms with E-state index in [-0.39, 0.29) is 24.5 Å². The molecule has 2 aromatic carbocycles. The summed E-state index contributed by atoms with van der Waals surface area (Å²) < 4.78 is 12.8. The molecule has 174 valence electrons. The lowest BCUT2D eigenvalue weighted by Crippen LogP contribution is -2.27. The van der Waals surface area contributed by atoms with Gasteiger partial charge in [0, 0.05) is 33.2 Å². The predicted molar refractivity (Wildman–Crippen MR) is 134 cm³/mol. The van der Waals surface area contributed by atoms with Crippen molar-refractivity contribution in [2.75, 3.05) is 6.79 Å². The lowest BCUT2D eigenvalue weighted by Gasteiger charge is -2.14. The van der Waals surface area contributed by atoms with Gasteiger partial charge in [-0.3, -0.25) is 14.5 Å². The molecule has 6 nitrogen and oxygen atoms in total. The smallest absolute Gasteiger partial charge is 0.293 e. The predicted octanol–water partition coefficient (Wildman–Crippen LogP) is 6.67. The van der Waals surface area contributed by atoms with E-state index in [0.717, 1.165) is 40.0 Å². The Bertz CT molecular complexity index is 1400. The van der Waals surface area contributed by atoms with Gasteiger partial charge in [0.1, 0.15) is 0 Å². The maximum atomic E-state index is 13.1. The number of imide groups is 1. The Balaban J connectivity index is 1.43. The molecule has 3 aromatic rings. The fourth-order valence-electron chi connectivity index (χ4n) is 4.08. The van der Waals surface area contributed by atoms with Crippen LogP contribution in [0.4, 0.5) is 4.79 Å². The summed E-state index contributed by atoms with van der Waals surface area (Å²) in [5, 5.41) is 0.756. The molecule has 0 N–H and O–H groups in total. The first-order valence-corrected chi connectivity index (χ1v) is 12.1. The summed E-state index contributed by atoms with van der Waals surface area (Å²) in [6.07, 6.45) is 1.76. The topological polar surface area (TPSA) is 60.8 Å². The average molecular weight is 515 g/mol. The number of carbonyl (C=O) groups is 2. The summed E-state index contributed by atoms with van der Waals surface area (Å²) in [4.78, 5) is 27.4. The lowest BCUT2D eigenvalue weighted by atomic mass is 10.2. The van der Waals surface area contributed by atoms with Gasteiger partial charge >= 0.3 is 0 Å². The molecule has 0 unspecified atom stereocenters. The first kappa shape index (κ1) is 22.9. The number of fused-ring (bicyclic) bond motifs is 1. The van der Waals surface area contributed by atoms with Crippen molar-refractivity contribution in [3.8, 4) is 17.2 Å². The normalized spacial score (nSPS) is 16.3. The highest BCUT2D eigenvalue weighted by molar-refractivity contribution is 8.18. The van der Waals surface area contributed by atoms with Gasteiger partial charge < -0.3 is 14.0 Å². The first-order valence-electron chi connectivity index (χ1n) is 10.5. The van der Waals surface area contributed by atoms with Crippen molar-refractivity contribution in [2.24, 2.45) is 0 Å². The van der Waals surface area contributed by atoms with E-state index in [1.165, 1.54) is 4.90 Å². The van der Waals surface area contributed by atoms with Crippen LogP contribution in [0.1, 0.15) is 28.1 Å². The Labute approximate surface area is 211 Å². The Kier molecular flexibility index (Phi) is 5.88. The van der Waals surface area contributed by atoms with Gasteiger partial charge in [0.05, 0.1) is 11.4 Å². The van der Waals surface area contributed by atoms with Crippen molar-refractivity contribution in [2.45, 2.75) is 27.3 Å². The van der Waals surface area contributed by atoms with Crippen LogP contribution in [0.15, 0.2) is 41.3 Å². The van der Waals surface area contributed by atoms with Crippen LogP contribution in [-0.4, -0.2) is 27.4 Å². The van der Waals surface area contributed by atoms with E-state index in [1.807, 2.05) is 45.0 Å². The van der Waals surface area contributed by atoms with Gasteiger partial charge in [-0.05, 0) is 79.6 Å². The number of aromatic nitrogens is 1. The zero-order valence-corrected chi connectivity index (χ0v) is 21.0. The van der Waals surface area contributed by atoms with Gasteiger partial charge in [-0.25, -0.2) is 0 Å². The van der Waals surface area contributed by atoms with E-state index in [1.54, 1.807) is 18.2 Å². The molecule has 2 amide bonds. The van der Waals surface area contributed by atoms with Crippen LogP contribution >= 0.6 is 35.0 Å². The maximum Gasteiger partial charge on any atom is 0.293 e. The number of rotatable bonds is 4. The fourth-order valence-corrected chi connectivity index (χ4v) is 5.30. The van der Waals surface area contributed by atoms with Crippen LogP contribution in [-0.2, 0) is 11.3 Å². The molecule has 0 bridgehead atoms. The number of amides is 2. The van der Waals surface area contributed by atoms with Crippen LogP contribution in [0.5, 0.6) is 11.5 Å². The number of aryl methyl sites for hydroxylation is 2. The number of ether oxygens (including phenoxy) is 2. The number of benzene rings is 2. The summed E-state index contributed by atoms with van der Waals surface area (Å²) in [7, 11) is 0. The van der Waals surface area contributed by atoms with Crippen molar-refractivity contribution in [3.63, 3.8) is 0 Å². The van der Waals surface area contributed by atoms with Crippen LogP contribution < -0.4 is 9.47 Å². The summed E-state index contributed by atoms with van der Waals surface area (Å²) >= 11 is 13.6. The molecular weight excluding hydrogens is 495 g/mol. The van der Waals surface area contributed by atoms with Gasteiger partial charge in [0.2, 0.25) is 6.79 Å². The van der Waals surface area contributed by atoms with E-state index in [0.29, 0.717) is 32.0 Å². The molecule has 1 aromatic heterocycles. The molecule has 3 heterocycles. The average Bonchev–Trinajstić information content (AvgIpc) is 3.43. The van der Waals surface area contributed by atoms with Crippen LogP contribution in [0.25, 0.3) is 11.8 Å². The van der Waals surface area contributed by atoms with E-state index in [4.69, 9.17) is 32.7 Å². The third kappa shape index (κ3) is 3.98. The molecular formula is C25H20Cl2N2O4S. The second-order valence-electron chi connectivity index (χ2n) is 8.16. The molecule has 2 aliphatic rings. The van der Waals surface area contributed by atoms with Gasteiger partial charge in [-0.1, -0.05) is 29.3 Å². The lowest BCUT2D eigenvalue weighted by molar-refractivity contribution is -0.123. The minimum absolute atomic E-state index is 0.0539. The van der Waals surface area contributed by atoms with Crippen molar-refractivity contribution in [3.05, 3.63) is 79.4 Å². The highest BCUT2D eigenvalue weighted by Gasteiger charge is 2.36. The van der Waals surface area contributed by atoms with Crippen molar-refractivity contribution >= 4 is 52.2 Å². The van der Waals surface area contributed by atoms with E-state index in [2.05, 4.69) is 4.57 Å². The molecule has 0 saturated carbocycles. The summed E-state index contributed by atoms with van der Waals surface area (Å²) in [6.45, 7) is 6.10. The number of halogens is 2. The van der Waals surface area contributed by atoms with Gasteiger partial charge in [0.15, 0.2) is 11.5 Å². The van der Waals surface area contributed by atoms with Gasteiger partial charge in [0.25, 0.3) is 11.1 Å². The standard InChI is InChI=1S/C25H20Cl2N2O4S/c1-13-4-5-18(9-19(13)26)29-14(2)6-16(15(29)3)8-23-24(30)28(25(31)34-23)11-17-7-21-22(10-20(17)27)33-12-32-21/h4-10H,11-12H2,1-3H3/b23-8-. The molecule has 34 heavy (non-hydrogen) atoms. The summed E-state index contributed by atoms with van der Waals surface area (Å²) in [6, 6.07) is 11.2. The molecule has 0 aliphatic carbocycles. The van der Waals surface area contributed by atoms with Crippen LogP contribution in [0, 0.1) is 20.8 Å². The van der Waals surface area contributed by atoms with E-state index < -0.39 is 0 Å². The molecule has 2 aliphatic heterocycles. The fraction of sp³-hybridized carbons (Fsp3) is 0.200. The van der Waals surface area contributed by atoms with Crippen LogP contribution in [0.2, 0.25) is 10.0 Å². The third-order valence-corrected chi connectivity index (χ3v) is 7.58. The van der Waals surface area contributed by atoms with Crippen molar-refractivity contribution in [1.29, 1.82) is 0 Å². The molecule has 0 radical (unpaired) electrons. The third-order valence-electron chi connectivity index (χ3n) is 5.91. The minimum Gasteiger partial charge on any atom is -0.454 e. The number of hydrogen-bond donors (Lipinski definition) is 0. The molecule has 1 saturated heterocycles. The van der Waals surface area contributed by atoms with Crippen LogP contribution in [0.3, 0.4) is 0 Å². The quantitative estimate of drug-likeness (QED) is 0.363. The highest BCUT2D eigenvalue weighted by atomic mass is 35.5. The number of thioether (sulfide) groups is 1. The summed E-state index contributed by atoms with van der Waals surface area (Å²) in [5.41, 5.74) is 5.36. The Morgan fingerprint density at radius 1 is 1.00 bits per heavy atom. The number of carbonyl (C=O) groups excluding carboxylic acids is 2. The van der Waals surface area contributed by atoms with Gasteiger partial charge in [-0.2, -0.15) is 0 Å². The number of nitrogens with zero attached hydrogens (tertiary/aromatic N) is 2. The second kappa shape index (κ2) is 8.73. The molecule has 0 atom stereocenters. The zero-order valence-electron chi connectivity index (χ0n) is 18.6. The maximum absolute atomic E-state index is 13.1. The molecule has 5 rings (SSSR count). The zero-order chi connectivity index (χ0) is 24.1. The monoisotopic (exact) mass is 514 g/mol. The van der Waals surface area contributed by atoms with E-state index in [9.17, 15) is 9.59 Å². The second-order valence-corrected chi connectivity index (χ2v) is 9.97. The van der Waals surface area contributed by atoms with Crippen molar-refractivity contribution < 1.29 is 19.1 Å². The number of hydrogen-bond acceptors (Lipinski definition) is 5. The van der Waals surface area contributed by atoms with Gasteiger partial charge in [-0.15, -0.1) is 0 Å². The highest BCUT2D eigenvalue weighted by Crippen LogP contribution is 2.40. The summed E-state index contributed by atoms with van der Waals surface area (Å²) in [5.74, 6) is 0.741. The SMILES string of the molecule is Cc1ccc(-n2c(C)cc(/C=C3\SC(=O)N(Cc4cc5c(cc4Cl)OCO5)C3=O)c2C)cc1Cl. The Morgan fingerprint density at radius 3 is 2.47 bits per heavy atom.